The molecule has 1 saturated heterocycles. The number of nitrogens with zero attached hydrogens (tertiary/aromatic N) is 3. The minimum atomic E-state index is -0.879. The highest BCUT2D eigenvalue weighted by atomic mass is 16.4. The normalized spacial score (nSPS) is 39.0. The number of anilines is 1. The van der Waals surface area contributed by atoms with Gasteiger partial charge in [0, 0.05) is 18.2 Å². The molecule has 5 aliphatic rings. The van der Waals surface area contributed by atoms with Crippen molar-refractivity contribution in [2.45, 2.75) is 50.6 Å². The molecule has 7 atom stereocenters. The van der Waals surface area contributed by atoms with E-state index in [1.165, 1.54) is 6.20 Å². The first-order chi connectivity index (χ1) is 14.4. The van der Waals surface area contributed by atoms with Crippen LogP contribution < -0.4 is 11.1 Å². The van der Waals surface area contributed by atoms with Crippen molar-refractivity contribution in [1.29, 1.82) is 5.26 Å². The van der Waals surface area contributed by atoms with Gasteiger partial charge in [-0.1, -0.05) is 0 Å². The van der Waals surface area contributed by atoms with Crippen LogP contribution in [0.5, 0.6) is 0 Å². The van der Waals surface area contributed by atoms with Gasteiger partial charge in [0.15, 0.2) is 0 Å². The lowest BCUT2D eigenvalue weighted by Crippen LogP contribution is -2.61. The molecule has 0 aromatic carbocycles. The second kappa shape index (κ2) is 6.86. The van der Waals surface area contributed by atoms with Crippen molar-refractivity contribution < 1.29 is 14.7 Å². The minimum Gasteiger partial charge on any atom is -0.465 e. The molecule has 6 rings (SSSR count). The van der Waals surface area contributed by atoms with Crippen LogP contribution in [0.25, 0.3) is 0 Å². The van der Waals surface area contributed by atoms with Crippen molar-refractivity contribution >= 4 is 17.8 Å². The van der Waals surface area contributed by atoms with Gasteiger partial charge in [0.2, 0.25) is 5.91 Å². The average Bonchev–Trinajstić information content (AvgIpc) is 3.11. The van der Waals surface area contributed by atoms with Crippen LogP contribution >= 0.6 is 0 Å². The molecule has 30 heavy (non-hydrogen) atoms. The van der Waals surface area contributed by atoms with Crippen molar-refractivity contribution in [2.24, 2.45) is 34.8 Å². The van der Waals surface area contributed by atoms with Gasteiger partial charge in [0.05, 0.1) is 17.6 Å². The number of rotatable bonds is 4. The van der Waals surface area contributed by atoms with Crippen LogP contribution in [-0.4, -0.2) is 45.6 Å². The number of amides is 2. The van der Waals surface area contributed by atoms with Crippen molar-refractivity contribution in [3.8, 4) is 6.07 Å². The Morgan fingerprint density at radius 1 is 1.27 bits per heavy atom. The summed E-state index contributed by atoms with van der Waals surface area (Å²) in [5.41, 5.74) is 5.95. The Balaban J connectivity index is 1.43. The molecule has 8 nitrogen and oxygen atoms in total. The Hall–Kier alpha value is -2.82. The number of aromatic nitrogens is 1. The molecule has 1 aromatic heterocycles. The van der Waals surface area contributed by atoms with E-state index in [9.17, 15) is 14.7 Å². The first-order valence-electron chi connectivity index (χ1n) is 10.8. The van der Waals surface area contributed by atoms with Gasteiger partial charge in [-0.15, -0.1) is 0 Å². The van der Waals surface area contributed by atoms with E-state index < -0.39 is 6.09 Å². The van der Waals surface area contributed by atoms with Gasteiger partial charge >= 0.3 is 6.09 Å². The third kappa shape index (κ3) is 2.91. The SMILES string of the molecule is N#Cc1ccc(NC2CCN(C(=O)O)[C@H]2C2C3CC4C[C@H]2C[C@@](C(N)=O)(C4)C3)nc1. The summed E-state index contributed by atoms with van der Waals surface area (Å²) in [6, 6.07) is 5.38. The number of nitrogens with two attached hydrogens (primary N) is 1. The standard InChI is InChI=1S/C22H27N5O3/c23-10-12-1-2-17(25-11-12)26-16-3-4-27(21(29)30)19(16)18-14-5-13-6-15(18)9-22(7-13,8-14)20(24)28/h1-2,11,13-16,18-19H,3-9H2,(H2,24,28)(H,25,26)(H,29,30)/t13?,14-,15?,16?,18?,19+,22-/m0/s1. The Morgan fingerprint density at radius 2 is 2.00 bits per heavy atom. The first-order valence-corrected chi connectivity index (χ1v) is 10.8. The second-order valence-electron chi connectivity index (χ2n) is 9.74. The van der Waals surface area contributed by atoms with Crippen LogP contribution in [0.2, 0.25) is 0 Å². The summed E-state index contributed by atoms with van der Waals surface area (Å²) < 4.78 is 0. The van der Waals surface area contributed by atoms with Crippen molar-refractivity contribution in [1.82, 2.24) is 9.88 Å². The molecule has 158 valence electrons. The van der Waals surface area contributed by atoms with Crippen molar-refractivity contribution in [3.05, 3.63) is 23.9 Å². The molecule has 4 aliphatic carbocycles. The third-order valence-corrected chi connectivity index (χ3v) is 8.19. The highest BCUT2D eigenvalue weighted by Crippen LogP contribution is 2.63. The van der Waals surface area contributed by atoms with E-state index in [0.717, 1.165) is 38.5 Å². The topological polar surface area (TPSA) is 132 Å². The van der Waals surface area contributed by atoms with Crippen LogP contribution in [0.4, 0.5) is 10.6 Å². The number of nitriles is 1. The molecule has 1 aromatic rings. The number of carbonyl (C=O) groups excluding carboxylic acids is 1. The second-order valence-corrected chi connectivity index (χ2v) is 9.74. The van der Waals surface area contributed by atoms with E-state index in [1.54, 1.807) is 17.0 Å². The lowest BCUT2D eigenvalue weighted by molar-refractivity contribution is -0.154. The maximum absolute atomic E-state index is 12.3. The zero-order valence-corrected chi connectivity index (χ0v) is 16.8. The van der Waals surface area contributed by atoms with Gasteiger partial charge in [-0.05, 0) is 74.3 Å². The summed E-state index contributed by atoms with van der Waals surface area (Å²) in [4.78, 5) is 30.3. The fraction of sp³-hybridized carbons (Fsp3) is 0.636. The summed E-state index contributed by atoms with van der Waals surface area (Å²) in [7, 11) is 0. The summed E-state index contributed by atoms with van der Waals surface area (Å²) in [6.45, 7) is 0.494. The van der Waals surface area contributed by atoms with Crippen LogP contribution in [0.3, 0.4) is 0 Å². The number of hydrogen-bond acceptors (Lipinski definition) is 5. The van der Waals surface area contributed by atoms with Gasteiger partial charge in [-0.2, -0.15) is 5.26 Å². The number of pyridine rings is 1. The number of primary amides is 1. The first kappa shape index (κ1) is 19.2. The van der Waals surface area contributed by atoms with Gasteiger partial charge in [0.1, 0.15) is 11.9 Å². The third-order valence-electron chi connectivity index (χ3n) is 8.19. The maximum Gasteiger partial charge on any atom is 0.407 e. The highest BCUT2D eigenvalue weighted by molar-refractivity contribution is 5.81. The summed E-state index contributed by atoms with van der Waals surface area (Å²) in [5, 5.41) is 22.3. The average molecular weight is 409 g/mol. The zero-order valence-electron chi connectivity index (χ0n) is 16.8. The highest BCUT2D eigenvalue weighted by Gasteiger charge is 2.61. The predicted molar refractivity (Wildman–Crippen MR) is 108 cm³/mol. The number of likely N-dealkylation sites (tertiary alicyclic amines) is 1. The van der Waals surface area contributed by atoms with E-state index >= 15 is 0 Å². The molecule has 1 aliphatic heterocycles. The van der Waals surface area contributed by atoms with E-state index in [1.807, 2.05) is 0 Å². The molecule has 8 heteroatoms. The lowest BCUT2D eigenvalue weighted by atomic mass is 9.44. The van der Waals surface area contributed by atoms with Crippen LogP contribution in [0.15, 0.2) is 18.3 Å². The molecule has 4 saturated carbocycles. The van der Waals surface area contributed by atoms with E-state index in [2.05, 4.69) is 16.4 Å². The molecular weight excluding hydrogens is 382 g/mol. The summed E-state index contributed by atoms with van der Waals surface area (Å²) >= 11 is 0. The van der Waals surface area contributed by atoms with Gasteiger partial charge < -0.3 is 21.1 Å². The van der Waals surface area contributed by atoms with Crippen LogP contribution in [0.1, 0.15) is 44.1 Å². The molecule has 2 amide bonds. The smallest absolute Gasteiger partial charge is 0.407 e. The van der Waals surface area contributed by atoms with Gasteiger partial charge in [-0.3, -0.25) is 4.79 Å². The number of hydrogen-bond donors (Lipinski definition) is 3. The molecule has 5 fully saturated rings. The van der Waals surface area contributed by atoms with E-state index in [4.69, 9.17) is 11.0 Å². The molecule has 2 heterocycles. The molecule has 4 bridgehead atoms. The molecule has 4 N–H and O–H groups in total. The Bertz CT molecular complexity index is 894. The maximum atomic E-state index is 12.3. The quantitative estimate of drug-likeness (QED) is 0.699. The number of nitrogens with one attached hydrogen (secondary N) is 1. The van der Waals surface area contributed by atoms with E-state index in [0.29, 0.717) is 35.7 Å². The fourth-order valence-electron chi connectivity index (χ4n) is 7.33. The van der Waals surface area contributed by atoms with Gasteiger partial charge in [-0.25, -0.2) is 9.78 Å². The van der Waals surface area contributed by atoms with Crippen LogP contribution in [0, 0.1) is 40.4 Å². The van der Waals surface area contributed by atoms with Crippen molar-refractivity contribution in [3.63, 3.8) is 0 Å². The lowest BCUT2D eigenvalue weighted by Gasteiger charge is -2.61. The Labute approximate surface area is 175 Å². The fourth-order valence-corrected chi connectivity index (χ4v) is 7.33. The minimum absolute atomic E-state index is 0.0337. The summed E-state index contributed by atoms with van der Waals surface area (Å²) in [6.07, 6.45) is 6.02. The molecular formula is C22H27N5O3. The van der Waals surface area contributed by atoms with Crippen molar-refractivity contribution in [2.75, 3.05) is 11.9 Å². The zero-order chi connectivity index (χ0) is 21.0. The monoisotopic (exact) mass is 409 g/mol. The van der Waals surface area contributed by atoms with Crippen LogP contribution in [-0.2, 0) is 4.79 Å². The molecule has 0 radical (unpaired) electrons. The molecule has 4 unspecified atom stereocenters. The predicted octanol–water partition coefficient (Wildman–Crippen LogP) is 2.41. The molecule has 0 spiro atoms. The Morgan fingerprint density at radius 3 is 2.57 bits per heavy atom. The van der Waals surface area contributed by atoms with Gasteiger partial charge in [0.25, 0.3) is 0 Å². The summed E-state index contributed by atoms with van der Waals surface area (Å²) in [5.74, 6) is 1.95. The Kier molecular flexibility index (Phi) is 4.38. The number of carboxylic acid groups (broad SMARTS) is 1. The largest absolute Gasteiger partial charge is 0.465 e. The number of carbonyl (C=O) groups is 2. The van der Waals surface area contributed by atoms with E-state index in [-0.39, 0.29) is 29.3 Å².